The lowest BCUT2D eigenvalue weighted by Crippen LogP contribution is -2.59. The summed E-state index contributed by atoms with van der Waals surface area (Å²) in [7, 11) is 0. The van der Waals surface area contributed by atoms with Gasteiger partial charge in [0.05, 0.1) is 25.4 Å². The van der Waals surface area contributed by atoms with Crippen LogP contribution in [0, 0.1) is 51.8 Å². The van der Waals surface area contributed by atoms with E-state index < -0.39 is 48.8 Å². The minimum atomic E-state index is -1.49. The van der Waals surface area contributed by atoms with Gasteiger partial charge in [-0.3, -0.25) is 4.79 Å². The first-order valence-corrected chi connectivity index (χ1v) is 17.0. The molecule has 1 aliphatic heterocycles. The minimum Gasteiger partial charge on any atom is -0.394 e. The lowest BCUT2D eigenvalue weighted by molar-refractivity contribution is -0.303. The minimum absolute atomic E-state index is 0.0338. The number of aliphatic hydroxyl groups excluding tert-OH is 6. The van der Waals surface area contributed by atoms with Gasteiger partial charge in [0.15, 0.2) is 6.29 Å². The fourth-order valence-electron chi connectivity index (χ4n) is 10.8. The topological polar surface area (TPSA) is 157 Å². The molecule has 1 saturated heterocycles. The van der Waals surface area contributed by atoms with E-state index in [2.05, 4.69) is 20.8 Å². The van der Waals surface area contributed by atoms with E-state index in [1.165, 1.54) is 0 Å². The number of Topliss-reactive ketones (excluding diaryl/α,β-unsaturated/α-hetero) is 1. The zero-order valence-corrected chi connectivity index (χ0v) is 26.9. The quantitative estimate of drug-likeness (QED) is 0.231. The van der Waals surface area contributed by atoms with E-state index in [9.17, 15) is 35.4 Å². The van der Waals surface area contributed by atoms with E-state index in [1.807, 2.05) is 13.8 Å². The molecule has 2 unspecified atom stereocenters. The Morgan fingerprint density at radius 1 is 0.907 bits per heavy atom. The summed E-state index contributed by atoms with van der Waals surface area (Å²) in [4.78, 5) is 13.7. The standard InChI is InChI=1S/C34H58O9/c1-18(17-42-31-30(41)29(40)28(39)26(16-35)43-31)6-9-25(37)19(2)34(5)27(38)15-24-22-8-7-20-14-21(36)10-12-32(20,3)23(22)11-13-33(24,34)4/h18-24,26-31,35-36,38-41H,6-17H2,1-5H3/t18-,19+,20+,21-,22+,23-,24-,26+,27-,28+,29?,30?,31+,32-,33-,34-/m0/s1. The summed E-state index contributed by atoms with van der Waals surface area (Å²) >= 11 is 0. The van der Waals surface area contributed by atoms with Crippen molar-refractivity contribution in [1.29, 1.82) is 0 Å². The molecule has 16 atom stereocenters. The van der Waals surface area contributed by atoms with Crippen LogP contribution in [0.15, 0.2) is 0 Å². The smallest absolute Gasteiger partial charge is 0.186 e. The second kappa shape index (κ2) is 12.5. The average molecular weight is 611 g/mol. The maximum Gasteiger partial charge on any atom is 0.186 e. The molecule has 0 bridgehead atoms. The van der Waals surface area contributed by atoms with Crippen LogP contribution in [0.25, 0.3) is 0 Å². The highest BCUT2D eigenvalue weighted by Gasteiger charge is 2.68. The van der Waals surface area contributed by atoms with Gasteiger partial charge in [-0.15, -0.1) is 0 Å². The molecule has 0 amide bonds. The van der Waals surface area contributed by atoms with Gasteiger partial charge in [0.25, 0.3) is 0 Å². The highest BCUT2D eigenvalue weighted by Crippen LogP contribution is 2.71. The van der Waals surface area contributed by atoms with Crippen molar-refractivity contribution in [3.8, 4) is 0 Å². The van der Waals surface area contributed by atoms with Crippen LogP contribution in [0.1, 0.15) is 98.8 Å². The summed E-state index contributed by atoms with van der Waals surface area (Å²) in [5.41, 5.74) is -0.350. The van der Waals surface area contributed by atoms with Crippen molar-refractivity contribution in [2.45, 2.75) is 142 Å². The second-order valence-electron chi connectivity index (χ2n) is 15.9. The number of carbonyl (C=O) groups is 1. The van der Waals surface area contributed by atoms with Crippen LogP contribution < -0.4 is 0 Å². The Bertz CT molecular complexity index is 991. The van der Waals surface area contributed by atoms with Crippen molar-refractivity contribution in [3.05, 3.63) is 0 Å². The maximum atomic E-state index is 13.7. The summed E-state index contributed by atoms with van der Waals surface area (Å²) in [6.07, 6.45) is 1.86. The number of ether oxygens (including phenoxy) is 2. The Labute approximate surface area is 257 Å². The number of fused-ring (bicyclic) bond motifs is 5. The molecule has 6 N–H and O–H groups in total. The predicted octanol–water partition coefficient (Wildman–Crippen LogP) is 2.81. The molecule has 4 saturated carbocycles. The molecule has 0 aromatic carbocycles. The number of aliphatic hydroxyl groups is 6. The fraction of sp³-hybridized carbons (Fsp3) is 0.971. The zero-order chi connectivity index (χ0) is 31.5. The van der Waals surface area contributed by atoms with Gasteiger partial charge in [-0.1, -0.05) is 34.6 Å². The van der Waals surface area contributed by atoms with Crippen LogP contribution in [-0.4, -0.2) is 92.5 Å². The van der Waals surface area contributed by atoms with Crippen LogP contribution in [0.5, 0.6) is 0 Å². The summed E-state index contributed by atoms with van der Waals surface area (Å²) in [6, 6.07) is 0. The Balaban J connectivity index is 1.19. The van der Waals surface area contributed by atoms with Gasteiger partial charge in [-0.05, 0) is 98.2 Å². The SMILES string of the molecule is C[C@@H](CCC(=O)[C@@H](C)[C@@]1(C)[C@@H](O)C[C@H]2[C@@H]3CC[C@@H]4C[C@@H](O)CC[C@]4(C)[C@H]3CC[C@@]21C)CO[C@@H]1O[C@H](CO)[C@@H](O)C(O)C1O. The van der Waals surface area contributed by atoms with E-state index in [0.29, 0.717) is 36.5 Å². The second-order valence-corrected chi connectivity index (χ2v) is 15.9. The van der Waals surface area contributed by atoms with Crippen molar-refractivity contribution in [1.82, 2.24) is 0 Å². The molecule has 0 aromatic heterocycles. The van der Waals surface area contributed by atoms with Gasteiger partial charge in [0, 0.05) is 17.8 Å². The Kier molecular flexibility index (Phi) is 9.81. The third-order valence-electron chi connectivity index (χ3n) is 14.1. The first-order valence-electron chi connectivity index (χ1n) is 17.0. The molecule has 4 aliphatic carbocycles. The van der Waals surface area contributed by atoms with Crippen LogP contribution in [0.3, 0.4) is 0 Å². The number of rotatable bonds is 9. The van der Waals surface area contributed by atoms with Crippen LogP contribution in [0.4, 0.5) is 0 Å². The van der Waals surface area contributed by atoms with Crippen LogP contribution >= 0.6 is 0 Å². The maximum absolute atomic E-state index is 13.7. The number of hydrogen-bond acceptors (Lipinski definition) is 9. The lowest BCUT2D eigenvalue weighted by atomic mass is 9.42. The molecule has 5 fully saturated rings. The first kappa shape index (κ1) is 33.7. The van der Waals surface area contributed by atoms with Crippen molar-refractivity contribution >= 4 is 5.78 Å². The molecule has 0 radical (unpaired) electrons. The monoisotopic (exact) mass is 610 g/mol. The average Bonchev–Trinajstić information content (AvgIpc) is 3.19. The first-order chi connectivity index (χ1) is 20.2. The molecular weight excluding hydrogens is 552 g/mol. The van der Waals surface area contributed by atoms with E-state index in [4.69, 9.17) is 9.47 Å². The molecule has 248 valence electrons. The molecular formula is C34H58O9. The van der Waals surface area contributed by atoms with Crippen molar-refractivity contribution < 1.29 is 44.9 Å². The van der Waals surface area contributed by atoms with E-state index in [0.717, 1.165) is 51.4 Å². The van der Waals surface area contributed by atoms with E-state index >= 15 is 0 Å². The molecule has 9 heteroatoms. The molecule has 43 heavy (non-hydrogen) atoms. The molecule has 5 aliphatic rings. The van der Waals surface area contributed by atoms with Gasteiger partial charge in [-0.2, -0.15) is 0 Å². The van der Waals surface area contributed by atoms with Crippen molar-refractivity contribution in [2.75, 3.05) is 13.2 Å². The van der Waals surface area contributed by atoms with Gasteiger partial charge >= 0.3 is 0 Å². The summed E-state index contributed by atoms with van der Waals surface area (Å²) in [5.74, 6) is 2.01. The van der Waals surface area contributed by atoms with Gasteiger partial charge < -0.3 is 40.1 Å². The largest absolute Gasteiger partial charge is 0.394 e. The van der Waals surface area contributed by atoms with Crippen molar-refractivity contribution in [2.24, 2.45) is 51.8 Å². The Morgan fingerprint density at radius 2 is 1.63 bits per heavy atom. The highest BCUT2D eigenvalue weighted by molar-refractivity contribution is 5.81. The van der Waals surface area contributed by atoms with Crippen LogP contribution in [-0.2, 0) is 14.3 Å². The molecule has 0 aromatic rings. The van der Waals surface area contributed by atoms with Gasteiger partial charge in [0.2, 0.25) is 0 Å². The number of carbonyl (C=O) groups excluding carboxylic acids is 1. The Morgan fingerprint density at radius 3 is 2.33 bits per heavy atom. The van der Waals surface area contributed by atoms with E-state index in [1.54, 1.807) is 0 Å². The normalized spacial score (nSPS) is 51.2. The molecule has 9 nitrogen and oxygen atoms in total. The van der Waals surface area contributed by atoms with Crippen molar-refractivity contribution in [3.63, 3.8) is 0 Å². The fourth-order valence-corrected chi connectivity index (χ4v) is 10.8. The lowest BCUT2D eigenvalue weighted by Gasteiger charge is -2.62. The molecule has 5 rings (SSSR count). The predicted molar refractivity (Wildman–Crippen MR) is 160 cm³/mol. The molecule has 0 spiro atoms. The third-order valence-corrected chi connectivity index (χ3v) is 14.1. The highest BCUT2D eigenvalue weighted by atomic mass is 16.7. The molecule has 1 heterocycles. The number of ketones is 1. The summed E-state index contributed by atoms with van der Waals surface area (Å²) in [5, 5.41) is 61.7. The summed E-state index contributed by atoms with van der Waals surface area (Å²) in [6.45, 7) is 10.6. The van der Waals surface area contributed by atoms with Gasteiger partial charge in [-0.25, -0.2) is 0 Å². The summed E-state index contributed by atoms with van der Waals surface area (Å²) < 4.78 is 11.1. The Hall–Kier alpha value is -0.650. The number of hydrogen-bond donors (Lipinski definition) is 6. The zero-order valence-electron chi connectivity index (χ0n) is 26.9. The van der Waals surface area contributed by atoms with E-state index in [-0.39, 0.29) is 41.2 Å². The third kappa shape index (κ3) is 5.56. The van der Waals surface area contributed by atoms with Gasteiger partial charge in [0.1, 0.15) is 30.2 Å². The van der Waals surface area contributed by atoms with Crippen LogP contribution in [0.2, 0.25) is 0 Å².